The summed E-state index contributed by atoms with van der Waals surface area (Å²) in [7, 11) is 2.20. The van der Waals surface area contributed by atoms with Crippen LogP contribution in [-0.2, 0) is 0 Å². The molecule has 0 amide bonds. The molecule has 0 radical (unpaired) electrons. The van der Waals surface area contributed by atoms with E-state index in [1.54, 1.807) is 0 Å². The van der Waals surface area contributed by atoms with E-state index in [2.05, 4.69) is 35.9 Å². The Morgan fingerprint density at radius 3 is 2.38 bits per heavy atom. The molecule has 0 aromatic carbocycles. The third-order valence-electron chi connectivity index (χ3n) is 5.15. The zero-order valence-electron chi connectivity index (χ0n) is 13.4. The molecular weight excluding hydrogens is 260 g/mol. The van der Waals surface area contributed by atoms with E-state index in [0.717, 1.165) is 30.5 Å². The highest BCUT2D eigenvalue weighted by atomic mass is 15.2. The molecule has 21 heavy (non-hydrogen) atoms. The van der Waals surface area contributed by atoms with Crippen molar-refractivity contribution in [3.8, 4) is 0 Å². The summed E-state index contributed by atoms with van der Waals surface area (Å²) in [6.07, 6.45) is 4.92. The minimum atomic E-state index is 0.601. The Bertz CT molecular complexity index is 472. The van der Waals surface area contributed by atoms with Crippen molar-refractivity contribution in [2.24, 2.45) is 5.92 Å². The van der Waals surface area contributed by atoms with Crippen molar-refractivity contribution in [3.05, 3.63) is 17.8 Å². The molecule has 2 aliphatic heterocycles. The zero-order chi connectivity index (χ0) is 14.8. The van der Waals surface area contributed by atoms with Crippen LogP contribution in [0.2, 0.25) is 0 Å². The smallest absolute Gasteiger partial charge is 0.152 e. The van der Waals surface area contributed by atoms with Gasteiger partial charge in [0.05, 0.1) is 5.69 Å². The lowest BCUT2D eigenvalue weighted by molar-refractivity contribution is 0.253. The van der Waals surface area contributed by atoms with Gasteiger partial charge >= 0.3 is 0 Å². The average molecular weight is 288 g/mol. The first-order valence-electron chi connectivity index (χ1n) is 8.33. The van der Waals surface area contributed by atoms with Crippen LogP contribution in [0.4, 0.5) is 11.5 Å². The Morgan fingerprint density at radius 1 is 1.05 bits per heavy atom. The Morgan fingerprint density at radius 2 is 1.71 bits per heavy atom. The Labute approximate surface area is 128 Å². The number of nitrogen functional groups attached to an aromatic ring is 1. The quantitative estimate of drug-likeness (QED) is 0.909. The number of piperidine rings is 2. The fraction of sp³-hybridized carbons (Fsp3) is 0.706. The molecular formula is C17H28N4. The van der Waals surface area contributed by atoms with Gasteiger partial charge in [-0.1, -0.05) is 6.92 Å². The fourth-order valence-electron chi connectivity index (χ4n) is 3.48. The molecule has 1 aromatic heterocycles. The first kappa shape index (κ1) is 14.6. The van der Waals surface area contributed by atoms with Crippen molar-refractivity contribution in [2.45, 2.75) is 38.5 Å². The van der Waals surface area contributed by atoms with E-state index in [1.165, 1.54) is 44.5 Å². The maximum Gasteiger partial charge on any atom is 0.152 e. The van der Waals surface area contributed by atoms with Crippen LogP contribution in [0.15, 0.2) is 12.1 Å². The predicted octanol–water partition coefficient (Wildman–Crippen LogP) is 2.71. The van der Waals surface area contributed by atoms with Crippen LogP contribution in [0.3, 0.4) is 0 Å². The summed E-state index contributed by atoms with van der Waals surface area (Å²) in [5, 5.41) is 0. The topological polar surface area (TPSA) is 45.4 Å². The number of likely N-dealkylation sites (tertiary alicyclic amines) is 1. The predicted molar refractivity (Wildman–Crippen MR) is 88.7 cm³/mol. The molecule has 2 aliphatic rings. The molecule has 2 saturated heterocycles. The SMILES string of the molecule is CC1CCN(c2nc(C3CCN(C)CC3)ccc2N)CC1. The largest absolute Gasteiger partial charge is 0.396 e. The summed E-state index contributed by atoms with van der Waals surface area (Å²) in [6, 6.07) is 4.20. The summed E-state index contributed by atoms with van der Waals surface area (Å²) >= 11 is 0. The number of aromatic nitrogens is 1. The number of rotatable bonds is 2. The van der Waals surface area contributed by atoms with Crippen LogP contribution in [0, 0.1) is 5.92 Å². The van der Waals surface area contributed by atoms with Gasteiger partial charge in [0.15, 0.2) is 5.82 Å². The number of nitrogens with two attached hydrogens (primary N) is 1. The minimum Gasteiger partial charge on any atom is -0.396 e. The second-order valence-corrected chi connectivity index (χ2v) is 6.90. The molecule has 2 N–H and O–H groups in total. The Kier molecular flexibility index (Phi) is 4.34. The molecule has 0 atom stereocenters. The molecule has 116 valence electrons. The standard InChI is InChI=1S/C17H28N4/c1-13-5-11-21(12-6-13)17-15(18)3-4-16(19-17)14-7-9-20(2)10-8-14/h3-4,13-14H,5-12,18H2,1-2H3. The monoisotopic (exact) mass is 288 g/mol. The molecule has 0 spiro atoms. The first-order valence-corrected chi connectivity index (χ1v) is 8.33. The van der Waals surface area contributed by atoms with Crippen molar-refractivity contribution >= 4 is 11.5 Å². The Hall–Kier alpha value is -1.29. The van der Waals surface area contributed by atoms with Gasteiger partial charge in [-0.2, -0.15) is 0 Å². The second-order valence-electron chi connectivity index (χ2n) is 6.90. The summed E-state index contributed by atoms with van der Waals surface area (Å²) < 4.78 is 0. The first-order chi connectivity index (χ1) is 10.1. The van der Waals surface area contributed by atoms with Gasteiger partial charge in [-0.15, -0.1) is 0 Å². The highest BCUT2D eigenvalue weighted by molar-refractivity contribution is 5.63. The van der Waals surface area contributed by atoms with E-state index in [1.807, 2.05) is 0 Å². The van der Waals surface area contributed by atoms with E-state index >= 15 is 0 Å². The lowest BCUT2D eigenvalue weighted by Crippen LogP contribution is -2.34. The van der Waals surface area contributed by atoms with Crippen molar-refractivity contribution in [1.29, 1.82) is 0 Å². The highest BCUT2D eigenvalue weighted by Crippen LogP contribution is 2.31. The van der Waals surface area contributed by atoms with Crippen LogP contribution in [0.5, 0.6) is 0 Å². The van der Waals surface area contributed by atoms with Crippen molar-refractivity contribution in [3.63, 3.8) is 0 Å². The summed E-state index contributed by atoms with van der Waals surface area (Å²) in [5.41, 5.74) is 8.27. The zero-order valence-corrected chi connectivity index (χ0v) is 13.4. The van der Waals surface area contributed by atoms with E-state index in [4.69, 9.17) is 10.7 Å². The third-order valence-corrected chi connectivity index (χ3v) is 5.15. The Balaban J connectivity index is 1.76. The molecule has 3 heterocycles. The average Bonchev–Trinajstić information content (AvgIpc) is 2.50. The van der Waals surface area contributed by atoms with E-state index < -0.39 is 0 Å². The summed E-state index contributed by atoms with van der Waals surface area (Å²) in [4.78, 5) is 9.74. The molecule has 4 nitrogen and oxygen atoms in total. The van der Waals surface area contributed by atoms with Crippen molar-refractivity contribution in [1.82, 2.24) is 9.88 Å². The number of hydrogen-bond donors (Lipinski definition) is 1. The van der Waals surface area contributed by atoms with E-state index in [0.29, 0.717) is 5.92 Å². The normalized spacial score (nSPS) is 22.7. The number of hydrogen-bond acceptors (Lipinski definition) is 4. The molecule has 3 rings (SSSR count). The lowest BCUT2D eigenvalue weighted by atomic mass is 9.93. The van der Waals surface area contributed by atoms with Crippen LogP contribution in [-0.4, -0.2) is 43.1 Å². The molecule has 4 heteroatoms. The van der Waals surface area contributed by atoms with E-state index in [-0.39, 0.29) is 0 Å². The van der Waals surface area contributed by atoms with Gasteiger partial charge in [0.2, 0.25) is 0 Å². The minimum absolute atomic E-state index is 0.601. The fourth-order valence-corrected chi connectivity index (χ4v) is 3.48. The van der Waals surface area contributed by atoms with Gasteiger partial charge in [-0.25, -0.2) is 4.98 Å². The molecule has 1 aromatic rings. The maximum absolute atomic E-state index is 6.19. The maximum atomic E-state index is 6.19. The van der Waals surface area contributed by atoms with Gasteiger partial charge in [0, 0.05) is 24.7 Å². The van der Waals surface area contributed by atoms with Crippen LogP contribution >= 0.6 is 0 Å². The lowest BCUT2D eigenvalue weighted by Gasteiger charge is -2.33. The molecule has 0 bridgehead atoms. The third kappa shape index (κ3) is 3.31. The molecule has 0 saturated carbocycles. The van der Waals surface area contributed by atoms with Crippen LogP contribution < -0.4 is 10.6 Å². The second kappa shape index (κ2) is 6.22. The number of pyridine rings is 1. The number of nitrogens with zero attached hydrogens (tertiary/aromatic N) is 3. The summed E-state index contributed by atoms with van der Waals surface area (Å²) in [6.45, 7) is 6.87. The van der Waals surface area contributed by atoms with E-state index in [9.17, 15) is 0 Å². The van der Waals surface area contributed by atoms with Gasteiger partial charge in [-0.3, -0.25) is 0 Å². The molecule has 2 fully saturated rings. The van der Waals surface area contributed by atoms with Crippen molar-refractivity contribution in [2.75, 3.05) is 43.9 Å². The van der Waals surface area contributed by atoms with Gasteiger partial charge in [0.25, 0.3) is 0 Å². The van der Waals surface area contributed by atoms with Crippen LogP contribution in [0.25, 0.3) is 0 Å². The van der Waals surface area contributed by atoms with Gasteiger partial charge in [-0.05, 0) is 63.9 Å². The van der Waals surface area contributed by atoms with Crippen molar-refractivity contribution < 1.29 is 0 Å². The molecule has 0 aliphatic carbocycles. The highest BCUT2D eigenvalue weighted by Gasteiger charge is 2.23. The molecule has 0 unspecified atom stereocenters. The van der Waals surface area contributed by atoms with Gasteiger partial charge < -0.3 is 15.5 Å². The van der Waals surface area contributed by atoms with Gasteiger partial charge in [0.1, 0.15) is 0 Å². The number of anilines is 2. The summed E-state index contributed by atoms with van der Waals surface area (Å²) in [5.74, 6) is 2.46. The van der Waals surface area contributed by atoms with Crippen LogP contribution in [0.1, 0.15) is 44.2 Å².